The van der Waals surface area contributed by atoms with Crippen molar-refractivity contribution in [2.45, 2.75) is 27.2 Å². The summed E-state index contributed by atoms with van der Waals surface area (Å²) in [6, 6.07) is 0. The van der Waals surface area contributed by atoms with E-state index in [9.17, 15) is 5.21 Å². The molecule has 0 aromatic carbocycles. The van der Waals surface area contributed by atoms with Crippen LogP contribution in [-0.4, -0.2) is 16.7 Å². The molecule has 0 spiro atoms. The van der Waals surface area contributed by atoms with Crippen LogP contribution in [0.3, 0.4) is 0 Å². The van der Waals surface area contributed by atoms with Crippen molar-refractivity contribution < 1.29 is 10.2 Å². The first kappa shape index (κ1) is 10.0. The zero-order valence-corrected chi connectivity index (χ0v) is 7.16. The van der Waals surface area contributed by atoms with Crippen LogP contribution in [0.1, 0.15) is 27.2 Å². The average molecular weight is 161 g/mol. The van der Waals surface area contributed by atoms with Gasteiger partial charge >= 0.3 is 0 Å². The van der Waals surface area contributed by atoms with Gasteiger partial charge in [0.05, 0.1) is 11.5 Å². The van der Waals surface area contributed by atoms with E-state index in [0.717, 1.165) is 6.42 Å². The maximum atomic E-state index is 10.3. The number of rotatable bonds is 3. The van der Waals surface area contributed by atoms with Gasteiger partial charge in [-0.25, -0.2) is 0 Å². The van der Waals surface area contributed by atoms with Crippen LogP contribution in [0.25, 0.3) is 0 Å². The summed E-state index contributed by atoms with van der Waals surface area (Å²) in [5.41, 5.74) is 2.53. The van der Waals surface area contributed by atoms with Crippen molar-refractivity contribution in [1.29, 1.82) is 0 Å². The molecule has 0 amide bonds. The summed E-state index contributed by atoms with van der Waals surface area (Å²) in [7, 11) is 0. The van der Waals surface area contributed by atoms with Crippen LogP contribution in [-0.2, 0) is 0 Å². The minimum Gasteiger partial charge on any atom is -0.569 e. The fourth-order valence-corrected chi connectivity index (χ4v) is 0.558. The Morgan fingerprint density at radius 3 is 2.45 bits per heavy atom. The Kier molecular flexibility index (Phi) is 3.64. The molecule has 0 aromatic rings. The fourth-order valence-electron chi connectivity index (χ4n) is 0.558. The van der Waals surface area contributed by atoms with Crippen molar-refractivity contribution >= 4 is 0 Å². The molecule has 66 valence electrons. The van der Waals surface area contributed by atoms with Crippen LogP contribution in [0, 0.1) is 10.6 Å². The largest absolute Gasteiger partial charge is 0.569 e. The Hall–Kier alpha value is -1.00. The van der Waals surface area contributed by atoms with Gasteiger partial charge < -0.3 is 10.4 Å². The molecule has 2 N–H and O–H groups in total. The Morgan fingerprint density at radius 2 is 2.09 bits per heavy atom. The van der Waals surface area contributed by atoms with E-state index < -0.39 is 0 Å². The zero-order valence-electron chi connectivity index (χ0n) is 7.16. The van der Waals surface area contributed by atoms with Crippen LogP contribution >= 0.6 is 0 Å². The van der Waals surface area contributed by atoms with Gasteiger partial charge in [0, 0.05) is 0 Å². The lowest BCUT2D eigenvalue weighted by Crippen LogP contribution is -2.26. The first-order valence-corrected chi connectivity index (χ1v) is 3.51. The molecule has 0 aliphatic carbocycles. The van der Waals surface area contributed by atoms with Crippen molar-refractivity contribution in [3.63, 3.8) is 0 Å². The lowest BCUT2D eigenvalue weighted by Gasteiger charge is -2.16. The summed E-state index contributed by atoms with van der Waals surface area (Å²) in [6.45, 7) is 6.72. The lowest BCUT2D eigenvalue weighted by atomic mass is 9.93. The van der Waals surface area contributed by atoms with Gasteiger partial charge in [-0.3, -0.25) is 0 Å². The van der Waals surface area contributed by atoms with Gasteiger partial charge in [0.25, 0.3) is 0 Å². The maximum absolute atomic E-state index is 10.3. The van der Waals surface area contributed by atoms with Gasteiger partial charge in [-0.15, -0.1) is 0 Å². The van der Waals surface area contributed by atoms with Gasteiger partial charge in [0.2, 0.25) is 5.28 Å². The highest BCUT2D eigenvalue weighted by molar-refractivity contribution is 4.60. The minimum absolute atomic E-state index is 0.0474. The molecular weight excluding hydrogens is 146 g/mol. The highest BCUT2D eigenvalue weighted by Gasteiger charge is 2.09. The molecule has 0 aromatic heterocycles. The second-order valence-electron chi connectivity index (χ2n) is 3.58. The molecular formula is C6H15N3O2. The molecule has 11 heavy (non-hydrogen) atoms. The molecule has 0 fully saturated rings. The second-order valence-corrected chi connectivity index (χ2v) is 3.58. The van der Waals surface area contributed by atoms with Gasteiger partial charge in [-0.05, 0) is 11.8 Å². The van der Waals surface area contributed by atoms with Gasteiger partial charge in [-0.1, -0.05) is 20.8 Å². The smallest absolute Gasteiger partial charge is 0.230 e. The summed E-state index contributed by atoms with van der Waals surface area (Å²) in [6.07, 6.45) is 0.848. The van der Waals surface area contributed by atoms with E-state index in [1.54, 1.807) is 0 Å². The third-order valence-corrected chi connectivity index (χ3v) is 1.20. The molecule has 0 radical (unpaired) electrons. The van der Waals surface area contributed by atoms with Crippen LogP contribution in [0.2, 0.25) is 0 Å². The van der Waals surface area contributed by atoms with Crippen molar-refractivity contribution in [2.24, 2.45) is 10.7 Å². The Bertz CT molecular complexity index is 139. The summed E-state index contributed by atoms with van der Waals surface area (Å²) < 4.78 is 0. The molecule has 5 heteroatoms. The molecule has 0 aliphatic rings. The van der Waals surface area contributed by atoms with Crippen molar-refractivity contribution in [3.8, 4) is 0 Å². The number of nitrogens with zero attached hydrogens (tertiary/aromatic N) is 2. The summed E-state index contributed by atoms with van der Waals surface area (Å²) >= 11 is 0. The Morgan fingerprint density at radius 1 is 1.55 bits per heavy atom. The monoisotopic (exact) mass is 161 g/mol. The second kappa shape index (κ2) is 4.00. The van der Waals surface area contributed by atoms with E-state index in [1.165, 1.54) is 0 Å². The predicted molar refractivity (Wildman–Crippen MR) is 39.9 cm³/mol. The van der Waals surface area contributed by atoms with E-state index in [1.807, 2.05) is 0 Å². The summed E-state index contributed by atoms with van der Waals surface area (Å²) in [4.78, 5) is 0.0474. The Balaban J connectivity index is 3.43. The number of hydrogen-bond donors (Lipinski definition) is 2. The van der Waals surface area contributed by atoms with E-state index in [4.69, 9.17) is 5.21 Å². The number of hydrogen-bond acceptors (Lipinski definition) is 2. The first-order valence-electron chi connectivity index (χ1n) is 3.51. The maximum Gasteiger partial charge on any atom is 0.230 e. The first-order chi connectivity index (χ1) is 4.95. The van der Waals surface area contributed by atoms with Crippen LogP contribution in [0.4, 0.5) is 0 Å². The van der Waals surface area contributed by atoms with Gasteiger partial charge in [-0.2, -0.15) is 5.43 Å². The van der Waals surface area contributed by atoms with Crippen LogP contribution in [0.5, 0.6) is 0 Å². The third kappa shape index (κ3) is 6.89. The predicted octanol–water partition coefficient (Wildman–Crippen LogP) is 1.28. The van der Waals surface area contributed by atoms with E-state index in [2.05, 4.69) is 31.5 Å². The van der Waals surface area contributed by atoms with E-state index in [0.29, 0.717) is 6.54 Å². The standard InChI is InChI=1S/C6H15N3O2/c1-6(2,3)4-5-7-9(11)8-10/h10H,4-5H2,1-3H3,(H,7,8). The molecule has 0 unspecified atom stereocenters. The van der Waals surface area contributed by atoms with E-state index in [-0.39, 0.29) is 10.4 Å². The zero-order chi connectivity index (χ0) is 8.91. The Labute approximate surface area is 66.2 Å². The third-order valence-electron chi connectivity index (χ3n) is 1.20. The quantitative estimate of drug-likeness (QED) is 0.372. The van der Waals surface area contributed by atoms with Gasteiger partial charge in [0.1, 0.15) is 0 Å². The molecule has 0 saturated carbocycles. The molecule has 5 nitrogen and oxygen atoms in total. The molecule has 0 rings (SSSR count). The molecule has 0 aliphatic heterocycles. The SMILES string of the molecule is CC(C)(C)CCN[N+]([O-])=NO. The lowest BCUT2D eigenvalue weighted by molar-refractivity contribution is -0.612. The van der Waals surface area contributed by atoms with Crippen LogP contribution < -0.4 is 5.43 Å². The number of nitrogens with one attached hydrogen (secondary N) is 1. The van der Waals surface area contributed by atoms with Gasteiger partial charge in [0.15, 0.2) is 0 Å². The van der Waals surface area contributed by atoms with Crippen LogP contribution in [0.15, 0.2) is 5.28 Å². The highest BCUT2D eigenvalue weighted by Crippen LogP contribution is 2.16. The van der Waals surface area contributed by atoms with Crippen molar-refractivity contribution in [1.82, 2.24) is 5.43 Å². The topological polar surface area (TPSA) is 70.7 Å². The number of hydrazine groups is 1. The minimum atomic E-state index is 0.0474. The molecule has 0 bridgehead atoms. The van der Waals surface area contributed by atoms with Crippen molar-refractivity contribution in [3.05, 3.63) is 5.21 Å². The average Bonchev–Trinajstić information content (AvgIpc) is 1.85. The molecule has 0 atom stereocenters. The summed E-state index contributed by atoms with van der Waals surface area (Å²) in [5.74, 6) is 0. The summed E-state index contributed by atoms with van der Waals surface area (Å²) in [5, 5.41) is 20.6. The van der Waals surface area contributed by atoms with E-state index >= 15 is 0 Å². The highest BCUT2D eigenvalue weighted by atomic mass is 16.6. The molecule has 0 saturated heterocycles. The normalized spacial score (nSPS) is 13.2. The molecule has 0 heterocycles. The fraction of sp³-hybridized carbons (Fsp3) is 1.00. The van der Waals surface area contributed by atoms with Crippen molar-refractivity contribution in [2.75, 3.05) is 6.54 Å².